The van der Waals surface area contributed by atoms with Gasteiger partial charge in [-0.1, -0.05) is 16.3 Å². The Hall–Kier alpha value is -0.140. The lowest BCUT2D eigenvalue weighted by Gasteiger charge is -2.17. The lowest BCUT2D eigenvalue weighted by atomic mass is 10.0. The molecule has 1 aliphatic heterocycles. The normalized spacial score (nSPS) is 34.6. The van der Waals surface area contributed by atoms with Gasteiger partial charge in [-0.05, 0) is 12.3 Å². The SMILES string of the molecule is CC1CCN(P)C1C(N)=O. The largest absolute Gasteiger partial charge is 0.368 e. The van der Waals surface area contributed by atoms with E-state index in [9.17, 15) is 4.79 Å². The highest BCUT2D eigenvalue weighted by atomic mass is 31.0. The van der Waals surface area contributed by atoms with Crippen LogP contribution in [0.5, 0.6) is 0 Å². The molecule has 0 saturated carbocycles. The summed E-state index contributed by atoms with van der Waals surface area (Å²) in [5.74, 6) is 0.204. The number of rotatable bonds is 1. The third-order valence-electron chi connectivity index (χ3n) is 2.03. The van der Waals surface area contributed by atoms with Crippen LogP contribution >= 0.6 is 9.39 Å². The van der Waals surface area contributed by atoms with E-state index in [2.05, 4.69) is 16.3 Å². The summed E-state index contributed by atoms with van der Waals surface area (Å²) in [6.45, 7) is 3.01. The van der Waals surface area contributed by atoms with Crippen LogP contribution in [0, 0.1) is 5.92 Å². The second kappa shape index (κ2) is 2.85. The van der Waals surface area contributed by atoms with E-state index in [0.29, 0.717) is 5.92 Å². The molecule has 0 radical (unpaired) electrons. The summed E-state index contributed by atoms with van der Waals surface area (Å²) in [7, 11) is 2.54. The molecule has 0 aromatic carbocycles. The van der Waals surface area contributed by atoms with Crippen molar-refractivity contribution in [3.05, 3.63) is 0 Å². The molecule has 4 heteroatoms. The third-order valence-corrected chi connectivity index (χ3v) is 2.61. The minimum atomic E-state index is -0.208. The first-order valence-electron chi connectivity index (χ1n) is 3.43. The van der Waals surface area contributed by atoms with Crippen molar-refractivity contribution in [2.45, 2.75) is 19.4 Å². The van der Waals surface area contributed by atoms with Gasteiger partial charge >= 0.3 is 0 Å². The summed E-state index contributed by atoms with van der Waals surface area (Å²) in [6.07, 6.45) is 1.07. The first-order valence-corrected chi connectivity index (χ1v) is 3.95. The van der Waals surface area contributed by atoms with Crippen LogP contribution < -0.4 is 5.73 Å². The van der Waals surface area contributed by atoms with Gasteiger partial charge in [-0.15, -0.1) is 0 Å². The number of carbonyl (C=O) groups excluding carboxylic acids is 1. The van der Waals surface area contributed by atoms with Crippen molar-refractivity contribution in [3.8, 4) is 0 Å². The fourth-order valence-electron chi connectivity index (χ4n) is 1.42. The molecule has 1 aliphatic rings. The summed E-state index contributed by atoms with van der Waals surface area (Å²) in [6, 6.07) is -0.0648. The van der Waals surface area contributed by atoms with Crippen molar-refractivity contribution in [2.75, 3.05) is 6.54 Å². The van der Waals surface area contributed by atoms with Crippen molar-refractivity contribution in [1.82, 2.24) is 4.67 Å². The average Bonchev–Trinajstić information content (AvgIpc) is 2.11. The molecule has 3 unspecified atom stereocenters. The molecular formula is C6H13N2OP. The van der Waals surface area contributed by atoms with Gasteiger partial charge in [0.15, 0.2) is 0 Å². The predicted molar refractivity (Wildman–Crippen MR) is 43.2 cm³/mol. The summed E-state index contributed by atoms with van der Waals surface area (Å²) in [5.41, 5.74) is 5.18. The predicted octanol–water partition coefficient (Wildman–Crippen LogP) is -0.0278. The zero-order valence-electron chi connectivity index (χ0n) is 6.08. The molecule has 0 aromatic rings. The second-order valence-corrected chi connectivity index (χ2v) is 3.51. The fraction of sp³-hybridized carbons (Fsp3) is 0.833. The highest BCUT2D eigenvalue weighted by Crippen LogP contribution is 2.26. The summed E-state index contributed by atoms with van der Waals surface area (Å²) in [5, 5.41) is 0. The van der Waals surface area contributed by atoms with Gasteiger partial charge in [0.05, 0.1) is 6.04 Å². The number of nitrogens with zero attached hydrogens (tertiary/aromatic N) is 1. The number of hydrogen-bond donors (Lipinski definition) is 1. The summed E-state index contributed by atoms with van der Waals surface area (Å²) in [4.78, 5) is 10.8. The zero-order chi connectivity index (χ0) is 7.72. The summed E-state index contributed by atoms with van der Waals surface area (Å²) >= 11 is 0. The van der Waals surface area contributed by atoms with Crippen molar-refractivity contribution in [3.63, 3.8) is 0 Å². The molecule has 1 rings (SSSR count). The van der Waals surface area contributed by atoms with Crippen molar-refractivity contribution in [2.24, 2.45) is 11.7 Å². The molecule has 2 N–H and O–H groups in total. The molecule has 58 valence electrons. The Morgan fingerprint density at radius 1 is 1.80 bits per heavy atom. The molecule has 10 heavy (non-hydrogen) atoms. The van der Waals surface area contributed by atoms with Crippen LogP contribution in [0.2, 0.25) is 0 Å². The fourth-order valence-corrected chi connectivity index (χ4v) is 2.01. The van der Waals surface area contributed by atoms with E-state index >= 15 is 0 Å². The van der Waals surface area contributed by atoms with Gasteiger partial charge in [0.25, 0.3) is 0 Å². The number of primary amides is 1. The van der Waals surface area contributed by atoms with E-state index < -0.39 is 0 Å². The van der Waals surface area contributed by atoms with Crippen molar-refractivity contribution >= 4 is 15.3 Å². The van der Waals surface area contributed by atoms with Gasteiger partial charge in [0.2, 0.25) is 5.91 Å². The zero-order valence-corrected chi connectivity index (χ0v) is 7.23. The highest BCUT2D eigenvalue weighted by Gasteiger charge is 2.32. The van der Waals surface area contributed by atoms with Crippen molar-refractivity contribution in [1.29, 1.82) is 0 Å². The smallest absolute Gasteiger partial charge is 0.235 e. The minimum absolute atomic E-state index is 0.0648. The van der Waals surface area contributed by atoms with E-state index in [1.807, 2.05) is 4.67 Å². The Labute approximate surface area is 63.2 Å². The summed E-state index contributed by atoms with van der Waals surface area (Å²) < 4.78 is 1.94. The van der Waals surface area contributed by atoms with Gasteiger partial charge in [-0.25, -0.2) is 0 Å². The van der Waals surface area contributed by atoms with Gasteiger partial charge in [-0.2, -0.15) is 0 Å². The van der Waals surface area contributed by atoms with E-state index in [-0.39, 0.29) is 11.9 Å². The third kappa shape index (κ3) is 1.30. The Bertz CT molecular complexity index is 141. The maximum absolute atomic E-state index is 10.8. The van der Waals surface area contributed by atoms with Gasteiger partial charge in [0, 0.05) is 6.54 Å². The van der Waals surface area contributed by atoms with Crippen LogP contribution in [0.25, 0.3) is 0 Å². The first-order chi connectivity index (χ1) is 4.63. The molecular weight excluding hydrogens is 147 g/mol. The van der Waals surface area contributed by atoms with E-state index in [1.54, 1.807) is 0 Å². The van der Waals surface area contributed by atoms with Crippen LogP contribution in [0.3, 0.4) is 0 Å². The Morgan fingerprint density at radius 2 is 2.40 bits per heavy atom. The first kappa shape index (κ1) is 7.96. The molecule has 1 amide bonds. The van der Waals surface area contributed by atoms with E-state index in [4.69, 9.17) is 5.73 Å². The topological polar surface area (TPSA) is 46.3 Å². The Kier molecular flexibility index (Phi) is 2.27. The number of carbonyl (C=O) groups is 1. The van der Waals surface area contributed by atoms with E-state index in [1.165, 1.54) is 0 Å². The molecule has 1 heterocycles. The Balaban J connectivity index is 2.63. The molecule has 3 nitrogen and oxygen atoms in total. The number of hydrogen-bond acceptors (Lipinski definition) is 2. The molecule has 0 spiro atoms. The number of amides is 1. The van der Waals surface area contributed by atoms with E-state index in [0.717, 1.165) is 13.0 Å². The lowest BCUT2D eigenvalue weighted by Crippen LogP contribution is -2.38. The molecule has 1 fully saturated rings. The molecule has 0 bridgehead atoms. The second-order valence-electron chi connectivity index (χ2n) is 2.85. The Morgan fingerprint density at radius 3 is 2.60 bits per heavy atom. The molecule has 3 atom stereocenters. The highest BCUT2D eigenvalue weighted by molar-refractivity contribution is 7.13. The van der Waals surface area contributed by atoms with Crippen molar-refractivity contribution < 1.29 is 4.79 Å². The van der Waals surface area contributed by atoms with Gasteiger partial charge in [0.1, 0.15) is 0 Å². The maximum atomic E-state index is 10.8. The minimum Gasteiger partial charge on any atom is -0.368 e. The molecule has 0 aliphatic carbocycles. The number of nitrogens with two attached hydrogens (primary N) is 1. The lowest BCUT2D eigenvalue weighted by molar-refractivity contribution is -0.121. The molecule has 1 saturated heterocycles. The average molecular weight is 160 g/mol. The van der Waals surface area contributed by atoms with Crippen LogP contribution in [0.1, 0.15) is 13.3 Å². The quantitative estimate of drug-likeness (QED) is 0.547. The van der Waals surface area contributed by atoms with Crippen LogP contribution in [0.15, 0.2) is 0 Å². The molecule has 0 aromatic heterocycles. The van der Waals surface area contributed by atoms with Gasteiger partial charge in [-0.3, -0.25) is 9.46 Å². The van der Waals surface area contributed by atoms with Crippen LogP contribution in [-0.2, 0) is 4.79 Å². The van der Waals surface area contributed by atoms with Gasteiger partial charge < -0.3 is 5.73 Å². The standard InChI is InChI=1S/C6H13N2OP/c1-4-2-3-8(10)5(4)6(7)9/h4-5H,2-3,10H2,1H3,(H2,7,9). The van der Waals surface area contributed by atoms with Crippen LogP contribution in [0.4, 0.5) is 0 Å². The van der Waals surface area contributed by atoms with Crippen LogP contribution in [-0.4, -0.2) is 23.2 Å². The monoisotopic (exact) mass is 160 g/mol. The maximum Gasteiger partial charge on any atom is 0.235 e.